The fourth-order valence-electron chi connectivity index (χ4n) is 1.27. The Bertz CT molecular complexity index is 558. The number of pyridine rings is 1. The van der Waals surface area contributed by atoms with Gasteiger partial charge in [-0.05, 0) is 12.1 Å². The summed E-state index contributed by atoms with van der Waals surface area (Å²) in [5.41, 5.74) is -0.123. The van der Waals surface area contributed by atoms with Crippen LogP contribution in [-0.2, 0) is 4.74 Å². The van der Waals surface area contributed by atoms with E-state index >= 15 is 0 Å². The molecule has 0 unspecified atom stereocenters. The summed E-state index contributed by atoms with van der Waals surface area (Å²) in [6.07, 6.45) is 2.99. The molecule has 2 heterocycles. The van der Waals surface area contributed by atoms with E-state index in [-0.39, 0.29) is 16.5 Å². The summed E-state index contributed by atoms with van der Waals surface area (Å²) in [5.74, 6) is -1.53. The molecule has 0 amide bonds. The van der Waals surface area contributed by atoms with Crippen molar-refractivity contribution in [3.63, 3.8) is 0 Å². The number of hydrogen-bond donors (Lipinski definition) is 0. The summed E-state index contributed by atoms with van der Waals surface area (Å²) in [6.45, 7) is 4.00. The molecule has 0 saturated carbocycles. The first-order valence-corrected chi connectivity index (χ1v) is 5.95. The number of carbonyl (C=O) groups excluding carboxylic acids is 1. The number of methoxy groups -OCH3 is 1. The van der Waals surface area contributed by atoms with Crippen molar-refractivity contribution in [1.82, 2.24) is 14.8 Å². The molecule has 102 valence electrons. The van der Waals surface area contributed by atoms with Gasteiger partial charge in [0, 0.05) is 12.4 Å². The molecule has 0 aliphatic rings. The lowest BCUT2D eigenvalue weighted by Crippen LogP contribution is -2.08. The number of halogens is 2. The standard InChI is InChI=1S/C10H7ClFN3O2.C2H6/c1-17-10(16)6-5-7(12)9(14-8(6)11)15-4-2-3-13-15;1-2/h2-5H,1H3;1-2H3. The monoisotopic (exact) mass is 285 g/mol. The molecule has 0 saturated heterocycles. The molecular formula is C12H13ClFN3O2. The summed E-state index contributed by atoms with van der Waals surface area (Å²) in [6, 6.07) is 2.58. The van der Waals surface area contributed by atoms with Crippen molar-refractivity contribution in [2.45, 2.75) is 13.8 Å². The second-order valence-electron chi connectivity index (χ2n) is 3.07. The van der Waals surface area contributed by atoms with Crippen molar-refractivity contribution in [3.8, 4) is 5.82 Å². The normalized spacial score (nSPS) is 9.53. The van der Waals surface area contributed by atoms with Crippen molar-refractivity contribution in [3.05, 3.63) is 41.1 Å². The number of carbonyl (C=O) groups is 1. The van der Waals surface area contributed by atoms with E-state index in [0.717, 1.165) is 6.07 Å². The number of ether oxygens (including phenoxy) is 1. The number of aromatic nitrogens is 3. The molecule has 2 aromatic heterocycles. The van der Waals surface area contributed by atoms with Gasteiger partial charge >= 0.3 is 5.97 Å². The van der Waals surface area contributed by atoms with Gasteiger partial charge in [-0.3, -0.25) is 0 Å². The van der Waals surface area contributed by atoms with Crippen molar-refractivity contribution >= 4 is 17.6 Å². The molecule has 0 spiro atoms. The fraction of sp³-hybridized carbons (Fsp3) is 0.250. The third kappa shape index (κ3) is 3.29. The number of hydrogen-bond acceptors (Lipinski definition) is 4. The van der Waals surface area contributed by atoms with Crippen LogP contribution in [0.5, 0.6) is 0 Å². The highest BCUT2D eigenvalue weighted by Crippen LogP contribution is 2.19. The number of nitrogens with zero attached hydrogens (tertiary/aromatic N) is 3. The zero-order chi connectivity index (χ0) is 14.4. The zero-order valence-electron chi connectivity index (χ0n) is 10.7. The zero-order valence-corrected chi connectivity index (χ0v) is 11.5. The fourth-order valence-corrected chi connectivity index (χ4v) is 1.48. The Balaban J connectivity index is 0.000000861. The average Bonchev–Trinajstić information content (AvgIpc) is 2.96. The van der Waals surface area contributed by atoms with E-state index in [4.69, 9.17) is 11.6 Å². The number of esters is 1. The Hall–Kier alpha value is -1.95. The Kier molecular flexibility index (Phi) is 5.44. The third-order valence-corrected chi connectivity index (χ3v) is 2.33. The van der Waals surface area contributed by atoms with Gasteiger partial charge in [0.05, 0.1) is 7.11 Å². The Morgan fingerprint density at radius 2 is 2.16 bits per heavy atom. The van der Waals surface area contributed by atoms with Crippen LogP contribution in [0.4, 0.5) is 4.39 Å². The molecule has 2 aromatic rings. The summed E-state index contributed by atoms with van der Waals surface area (Å²) < 4.78 is 19.4. The van der Waals surface area contributed by atoms with E-state index in [2.05, 4.69) is 14.8 Å². The van der Waals surface area contributed by atoms with Crippen LogP contribution in [-0.4, -0.2) is 27.8 Å². The molecule has 0 radical (unpaired) electrons. The quantitative estimate of drug-likeness (QED) is 0.629. The molecule has 0 bridgehead atoms. The summed E-state index contributed by atoms with van der Waals surface area (Å²) >= 11 is 5.77. The molecule has 0 aliphatic heterocycles. The van der Waals surface area contributed by atoms with Crippen LogP contribution in [0.3, 0.4) is 0 Å². The number of rotatable bonds is 2. The molecule has 2 rings (SSSR count). The smallest absolute Gasteiger partial charge is 0.341 e. The molecule has 0 aromatic carbocycles. The van der Waals surface area contributed by atoms with E-state index in [1.165, 1.54) is 24.2 Å². The van der Waals surface area contributed by atoms with Gasteiger partial charge in [0.25, 0.3) is 0 Å². The predicted molar refractivity (Wildman–Crippen MR) is 69.0 cm³/mol. The maximum Gasteiger partial charge on any atom is 0.341 e. The van der Waals surface area contributed by atoms with Gasteiger partial charge in [-0.25, -0.2) is 18.9 Å². The largest absolute Gasteiger partial charge is 0.465 e. The molecular weight excluding hydrogens is 273 g/mol. The minimum absolute atomic E-state index is 0.0762. The Morgan fingerprint density at radius 3 is 2.68 bits per heavy atom. The second-order valence-corrected chi connectivity index (χ2v) is 3.43. The van der Waals surface area contributed by atoms with E-state index < -0.39 is 11.8 Å². The topological polar surface area (TPSA) is 57.0 Å². The van der Waals surface area contributed by atoms with Crippen molar-refractivity contribution in [1.29, 1.82) is 0 Å². The first-order valence-electron chi connectivity index (χ1n) is 5.58. The summed E-state index contributed by atoms with van der Waals surface area (Å²) in [5, 5.41) is 3.69. The minimum Gasteiger partial charge on any atom is -0.465 e. The van der Waals surface area contributed by atoms with Gasteiger partial charge in [0.15, 0.2) is 11.6 Å². The van der Waals surface area contributed by atoms with Gasteiger partial charge in [-0.1, -0.05) is 25.4 Å². The summed E-state index contributed by atoms with van der Waals surface area (Å²) in [7, 11) is 1.18. The first-order chi connectivity index (χ1) is 9.13. The van der Waals surface area contributed by atoms with Gasteiger partial charge < -0.3 is 4.74 Å². The highest BCUT2D eigenvalue weighted by molar-refractivity contribution is 6.32. The average molecular weight is 286 g/mol. The molecule has 7 heteroatoms. The van der Waals surface area contributed by atoms with Crippen LogP contribution in [0.25, 0.3) is 5.82 Å². The van der Waals surface area contributed by atoms with E-state index in [1.54, 1.807) is 6.07 Å². The highest BCUT2D eigenvalue weighted by Gasteiger charge is 2.17. The van der Waals surface area contributed by atoms with Crippen LogP contribution in [0.2, 0.25) is 5.15 Å². The molecule has 0 aliphatic carbocycles. The van der Waals surface area contributed by atoms with Crippen LogP contribution in [0.15, 0.2) is 24.5 Å². The van der Waals surface area contributed by atoms with Crippen LogP contribution in [0.1, 0.15) is 24.2 Å². The first kappa shape index (κ1) is 15.1. The van der Waals surface area contributed by atoms with E-state index in [9.17, 15) is 9.18 Å². The Morgan fingerprint density at radius 1 is 1.47 bits per heavy atom. The highest BCUT2D eigenvalue weighted by atomic mass is 35.5. The van der Waals surface area contributed by atoms with Crippen LogP contribution < -0.4 is 0 Å². The molecule has 5 nitrogen and oxygen atoms in total. The molecule has 0 atom stereocenters. The predicted octanol–water partition coefficient (Wildman–Crippen LogP) is 2.87. The van der Waals surface area contributed by atoms with Crippen LogP contribution >= 0.6 is 11.6 Å². The summed E-state index contributed by atoms with van der Waals surface area (Å²) in [4.78, 5) is 15.0. The minimum atomic E-state index is -0.742. The van der Waals surface area contributed by atoms with Crippen LogP contribution in [0, 0.1) is 5.82 Å². The SMILES string of the molecule is CC.COC(=O)c1cc(F)c(-n2cccn2)nc1Cl. The third-order valence-electron chi connectivity index (χ3n) is 2.04. The maximum atomic E-state index is 13.7. The molecule has 0 N–H and O–H groups in total. The van der Waals surface area contributed by atoms with E-state index in [0.29, 0.717) is 0 Å². The lowest BCUT2D eigenvalue weighted by atomic mass is 10.3. The van der Waals surface area contributed by atoms with Crippen molar-refractivity contribution < 1.29 is 13.9 Å². The van der Waals surface area contributed by atoms with Gasteiger partial charge in [0.2, 0.25) is 0 Å². The van der Waals surface area contributed by atoms with Gasteiger partial charge in [-0.2, -0.15) is 5.10 Å². The second kappa shape index (κ2) is 6.84. The van der Waals surface area contributed by atoms with Crippen molar-refractivity contribution in [2.24, 2.45) is 0 Å². The molecule has 19 heavy (non-hydrogen) atoms. The van der Waals surface area contributed by atoms with E-state index in [1.807, 2.05) is 13.8 Å². The molecule has 0 fully saturated rings. The van der Waals surface area contributed by atoms with Gasteiger partial charge in [-0.15, -0.1) is 0 Å². The lowest BCUT2D eigenvalue weighted by Gasteiger charge is -2.06. The Labute approximate surface area is 115 Å². The van der Waals surface area contributed by atoms with Crippen molar-refractivity contribution in [2.75, 3.05) is 7.11 Å². The van der Waals surface area contributed by atoms with Gasteiger partial charge in [0.1, 0.15) is 10.7 Å². The lowest BCUT2D eigenvalue weighted by molar-refractivity contribution is 0.0600. The maximum absolute atomic E-state index is 13.7.